The maximum Gasteiger partial charge on any atom is 0.102 e. The van der Waals surface area contributed by atoms with E-state index in [0.29, 0.717) is 0 Å². The molecule has 88 valence electrons. The van der Waals surface area contributed by atoms with E-state index < -0.39 is 0 Å². The molecule has 0 amide bonds. The Labute approximate surface area is 110 Å². The zero-order chi connectivity index (χ0) is 12.4. The van der Waals surface area contributed by atoms with Gasteiger partial charge in [0.25, 0.3) is 0 Å². The van der Waals surface area contributed by atoms with Gasteiger partial charge in [0.15, 0.2) is 0 Å². The van der Waals surface area contributed by atoms with Crippen LogP contribution in [0.15, 0.2) is 60.8 Å². The van der Waals surface area contributed by atoms with Crippen molar-refractivity contribution in [2.45, 2.75) is 5.38 Å². The van der Waals surface area contributed by atoms with Gasteiger partial charge in [0.1, 0.15) is 5.38 Å². The maximum absolute atomic E-state index is 6.43. The molecule has 0 saturated heterocycles. The predicted octanol–water partition coefficient (Wildman–Crippen LogP) is 3.96. The Bertz CT molecular complexity index is 667. The van der Waals surface area contributed by atoms with Gasteiger partial charge in [-0.05, 0) is 17.7 Å². The molecule has 0 aliphatic rings. The molecule has 1 heterocycles. The number of halogens is 1. The molecule has 2 aromatic carbocycles. The van der Waals surface area contributed by atoms with Crippen LogP contribution in [0.25, 0.3) is 11.0 Å². The standard InChI is InChI=1S/C15H11ClN2/c16-15(11-6-2-1-3-7-11)14-10-17-12-8-4-5-9-13(12)18-14/h1-10,15H. The van der Waals surface area contributed by atoms with Gasteiger partial charge in [-0.15, -0.1) is 11.6 Å². The number of rotatable bonds is 2. The summed E-state index contributed by atoms with van der Waals surface area (Å²) in [5.74, 6) is 0. The van der Waals surface area contributed by atoms with Gasteiger partial charge in [-0.25, -0.2) is 4.98 Å². The topological polar surface area (TPSA) is 25.8 Å². The average Bonchev–Trinajstić information content (AvgIpc) is 2.47. The molecule has 0 aliphatic heterocycles. The van der Waals surface area contributed by atoms with Gasteiger partial charge < -0.3 is 0 Å². The number of fused-ring (bicyclic) bond motifs is 1. The highest BCUT2D eigenvalue weighted by Crippen LogP contribution is 2.27. The van der Waals surface area contributed by atoms with Crippen molar-refractivity contribution >= 4 is 22.6 Å². The largest absolute Gasteiger partial charge is 0.253 e. The summed E-state index contributed by atoms with van der Waals surface area (Å²) >= 11 is 6.43. The van der Waals surface area contributed by atoms with Gasteiger partial charge in [-0.3, -0.25) is 4.98 Å². The third-order valence-corrected chi connectivity index (χ3v) is 3.29. The summed E-state index contributed by atoms with van der Waals surface area (Å²) < 4.78 is 0. The van der Waals surface area contributed by atoms with Crippen LogP contribution in [0.3, 0.4) is 0 Å². The molecule has 1 atom stereocenters. The van der Waals surface area contributed by atoms with Crippen LogP contribution in [0.5, 0.6) is 0 Å². The highest BCUT2D eigenvalue weighted by Gasteiger charge is 2.12. The average molecular weight is 255 g/mol. The predicted molar refractivity (Wildman–Crippen MR) is 73.7 cm³/mol. The van der Waals surface area contributed by atoms with Crippen molar-refractivity contribution in [3.8, 4) is 0 Å². The van der Waals surface area contributed by atoms with Crippen LogP contribution in [-0.4, -0.2) is 9.97 Å². The molecule has 0 bridgehead atoms. The van der Waals surface area contributed by atoms with E-state index >= 15 is 0 Å². The Hall–Kier alpha value is -1.93. The quantitative estimate of drug-likeness (QED) is 0.647. The van der Waals surface area contributed by atoms with Crippen LogP contribution in [-0.2, 0) is 0 Å². The van der Waals surface area contributed by atoms with E-state index in [4.69, 9.17) is 11.6 Å². The lowest BCUT2D eigenvalue weighted by Gasteiger charge is -2.09. The Kier molecular flexibility index (Phi) is 2.95. The molecule has 0 radical (unpaired) electrons. The molecule has 0 aliphatic carbocycles. The van der Waals surface area contributed by atoms with Crippen molar-refractivity contribution in [1.82, 2.24) is 9.97 Å². The minimum Gasteiger partial charge on any atom is -0.253 e. The van der Waals surface area contributed by atoms with Crippen molar-refractivity contribution in [3.63, 3.8) is 0 Å². The number of aromatic nitrogens is 2. The van der Waals surface area contributed by atoms with Gasteiger partial charge in [0, 0.05) is 0 Å². The van der Waals surface area contributed by atoms with E-state index in [0.717, 1.165) is 22.3 Å². The maximum atomic E-state index is 6.43. The van der Waals surface area contributed by atoms with Crippen molar-refractivity contribution < 1.29 is 0 Å². The summed E-state index contributed by atoms with van der Waals surface area (Å²) in [5.41, 5.74) is 3.57. The van der Waals surface area contributed by atoms with Gasteiger partial charge in [0.05, 0.1) is 22.9 Å². The van der Waals surface area contributed by atoms with Crippen molar-refractivity contribution in [3.05, 3.63) is 72.1 Å². The zero-order valence-corrected chi connectivity index (χ0v) is 10.4. The number of hydrogen-bond donors (Lipinski definition) is 0. The summed E-state index contributed by atoms with van der Waals surface area (Å²) in [4.78, 5) is 8.94. The summed E-state index contributed by atoms with van der Waals surface area (Å²) in [5, 5.41) is -0.261. The van der Waals surface area contributed by atoms with E-state index in [-0.39, 0.29) is 5.38 Å². The molecule has 3 rings (SSSR count). The van der Waals surface area contributed by atoms with E-state index in [1.807, 2.05) is 54.6 Å². The third kappa shape index (κ3) is 2.07. The fourth-order valence-corrected chi connectivity index (χ4v) is 2.14. The normalized spacial score (nSPS) is 12.5. The Morgan fingerprint density at radius 2 is 1.50 bits per heavy atom. The van der Waals surface area contributed by atoms with Crippen LogP contribution < -0.4 is 0 Å². The number of nitrogens with zero attached hydrogens (tertiary/aromatic N) is 2. The van der Waals surface area contributed by atoms with E-state index in [9.17, 15) is 0 Å². The van der Waals surface area contributed by atoms with Crippen LogP contribution in [0, 0.1) is 0 Å². The number of benzene rings is 2. The van der Waals surface area contributed by atoms with Crippen molar-refractivity contribution in [1.29, 1.82) is 0 Å². The van der Waals surface area contributed by atoms with Gasteiger partial charge in [-0.1, -0.05) is 42.5 Å². The van der Waals surface area contributed by atoms with Crippen molar-refractivity contribution in [2.24, 2.45) is 0 Å². The fourth-order valence-electron chi connectivity index (χ4n) is 1.89. The molecule has 1 aromatic heterocycles. The number of alkyl halides is 1. The number of para-hydroxylation sites is 2. The third-order valence-electron chi connectivity index (χ3n) is 2.82. The zero-order valence-electron chi connectivity index (χ0n) is 9.62. The van der Waals surface area contributed by atoms with E-state index in [1.165, 1.54) is 0 Å². The first-order valence-electron chi connectivity index (χ1n) is 5.75. The molecule has 0 N–H and O–H groups in total. The van der Waals surface area contributed by atoms with Gasteiger partial charge in [-0.2, -0.15) is 0 Å². The first kappa shape index (κ1) is 11.2. The Morgan fingerprint density at radius 1 is 0.833 bits per heavy atom. The van der Waals surface area contributed by atoms with E-state index in [1.54, 1.807) is 6.20 Å². The highest BCUT2D eigenvalue weighted by molar-refractivity contribution is 6.22. The Morgan fingerprint density at radius 3 is 2.28 bits per heavy atom. The molecule has 0 fully saturated rings. The highest BCUT2D eigenvalue weighted by atomic mass is 35.5. The molecule has 2 nitrogen and oxygen atoms in total. The van der Waals surface area contributed by atoms with Crippen LogP contribution in [0.1, 0.15) is 16.6 Å². The van der Waals surface area contributed by atoms with Crippen LogP contribution in [0.4, 0.5) is 0 Å². The molecule has 1 unspecified atom stereocenters. The smallest absolute Gasteiger partial charge is 0.102 e. The summed E-state index contributed by atoms with van der Waals surface area (Å²) in [6.45, 7) is 0. The van der Waals surface area contributed by atoms with Gasteiger partial charge >= 0.3 is 0 Å². The van der Waals surface area contributed by atoms with Crippen LogP contribution in [0.2, 0.25) is 0 Å². The summed E-state index contributed by atoms with van der Waals surface area (Å²) in [7, 11) is 0. The van der Waals surface area contributed by atoms with Gasteiger partial charge in [0.2, 0.25) is 0 Å². The lowest BCUT2D eigenvalue weighted by Crippen LogP contribution is -1.98. The summed E-state index contributed by atoms with van der Waals surface area (Å²) in [6.07, 6.45) is 1.74. The van der Waals surface area contributed by atoms with Crippen molar-refractivity contribution in [2.75, 3.05) is 0 Å². The van der Waals surface area contributed by atoms with E-state index in [2.05, 4.69) is 9.97 Å². The lowest BCUT2D eigenvalue weighted by molar-refractivity contribution is 1.03. The second kappa shape index (κ2) is 4.75. The second-order valence-electron chi connectivity index (χ2n) is 4.06. The number of hydrogen-bond acceptors (Lipinski definition) is 2. The SMILES string of the molecule is ClC(c1ccccc1)c1cnc2ccccc2n1. The first-order valence-corrected chi connectivity index (χ1v) is 6.19. The minimum absolute atomic E-state index is 0.261. The monoisotopic (exact) mass is 254 g/mol. The molecule has 3 aromatic rings. The lowest BCUT2D eigenvalue weighted by atomic mass is 10.1. The second-order valence-corrected chi connectivity index (χ2v) is 4.49. The molecule has 0 spiro atoms. The fraction of sp³-hybridized carbons (Fsp3) is 0.0667. The minimum atomic E-state index is -0.261. The summed E-state index contributed by atoms with van der Waals surface area (Å²) in [6, 6.07) is 17.7. The first-order chi connectivity index (χ1) is 8.84. The molecule has 3 heteroatoms. The molecule has 0 saturated carbocycles. The Balaban J connectivity index is 2.04. The van der Waals surface area contributed by atoms with Crippen LogP contribution >= 0.6 is 11.6 Å². The molecular weight excluding hydrogens is 244 g/mol. The molecule has 18 heavy (non-hydrogen) atoms. The molecular formula is C15H11ClN2.